The topological polar surface area (TPSA) is 43.8 Å². The Morgan fingerprint density at radius 1 is 1.33 bits per heavy atom. The van der Waals surface area contributed by atoms with Gasteiger partial charge in [0.15, 0.2) is 0 Å². The maximum Gasteiger partial charge on any atom is 0.0956 e. The zero-order valence-electron chi connectivity index (χ0n) is 12.6. The first-order chi connectivity index (χ1) is 9.87. The minimum absolute atomic E-state index is 0.203. The molecule has 1 unspecified atom stereocenters. The molecule has 0 aliphatic rings. The van der Waals surface area contributed by atoms with Gasteiger partial charge in [0.1, 0.15) is 0 Å². The molecule has 0 aliphatic heterocycles. The van der Waals surface area contributed by atoms with Crippen molar-refractivity contribution in [3.63, 3.8) is 0 Å². The number of hydrogen-bond acceptors (Lipinski definition) is 2. The van der Waals surface area contributed by atoms with Crippen LogP contribution in [0.15, 0.2) is 30.7 Å². The van der Waals surface area contributed by atoms with Gasteiger partial charge in [-0.05, 0) is 37.5 Å². The Morgan fingerprint density at radius 3 is 2.67 bits per heavy atom. The molecule has 114 valence electrons. The highest BCUT2D eigenvalue weighted by atomic mass is 35.5. The molecule has 0 spiro atoms. The second-order valence-corrected chi connectivity index (χ2v) is 6.92. The third-order valence-electron chi connectivity index (χ3n) is 3.71. The zero-order chi connectivity index (χ0) is 15.6. The molecule has 1 aromatic heterocycles. The van der Waals surface area contributed by atoms with E-state index in [1.165, 1.54) is 0 Å². The first-order valence-electron chi connectivity index (χ1n) is 7.05. The molecule has 3 nitrogen and oxygen atoms in total. The molecule has 2 aromatic rings. The van der Waals surface area contributed by atoms with E-state index in [4.69, 9.17) is 28.9 Å². The second-order valence-electron chi connectivity index (χ2n) is 6.07. The number of imidazole rings is 1. The van der Waals surface area contributed by atoms with E-state index in [9.17, 15) is 0 Å². The number of nitrogens with zero attached hydrogens (tertiary/aromatic N) is 2. The molecule has 2 N–H and O–H groups in total. The smallest absolute Gasteiger partial charge is 0.0956 e. The number of hydrogen-bond donors (Lipinski definition) is 1. The Hall–Kier alpha value is -1.03. The SMILES string of the molecule is CC(C)CC(C)(CN)n1cncc1-c1cc(Cl)ccc1Cl. The van der Waals surface area contributed by atoms with E-state index in [-0.39, 0.29) is 5.54 Å². The number of halogens is 2. The van der Waals surface area contributed by atoms with E-state index in [0.29, 0.717) is 22.5 Å². The van der Waals surface area contributed by atoms with Crippen molar-refractivity contribution in [3.8, 4) is 11.3 Å². The second kappa shape index (κ2) is 6.39. The first kappa shape index (κ1) is 16.3. The summed E-state index contributed by atoms with van der Waals surface area (Å²) in [6, 6.07) is 5.45. The van der Waals surface area contributed by atoms with Crippen LogP contribution in [0.3, 0.4) is 0 Å². The van der Waals surface area contributed by atoms with Gasteiger partial charge in [-0.1, -0.05) is 37.0 Å². The Morgan fingerprint density at radius 2 is 2.05 bits per heavy atom. The highest BCUT2D eigenvalue weighted by Gasteiger charge is 2.28. The highest BCUT2D eigenvalue weighted by Crippen LogP contribution is 2.35. The standard InChI is InChI=1S/C16H21Cl2N3/c1-11(2)7-16(3,9-19)21-10-20-8-15(21)13-6-12(17)4-5-14(13)18/h4-6,8,10-11H,7,9,19H2,1-3H3. The molecule has 0 saturated carbocycles. The molecule has 1 atom stereocenters. The maximum atomic E-state index is 6.33. The maximum absolute atomic E-state index is 6.33. The van der Waals surface area contributed by atoms with Crippen molar-refractivity contribution >= 4 is 23.2 Å². The van der Waals surface area contributed by atoms with Crippen LogP contribution in [0, 0.1) is 5.92 Å². The van der Waals surface area contributed by atoms with Gasteiger partial charge in [-0.15, -0.1) is 0 Å². The van der Waals surface area contributed by atoms with Gasteiger partial charge < -0.3 is 10.3 Å². The van der Waals surface area contributed by atoms with E-state index in [1.807, 2.05) is 18.6 Å². The summed E-state index contributed by atoms with van der Waals surface area (Å²) < 4.78 is 2.12. The first-order valence-corrected chi connectivity index (χ1v) is 7.81. The van der Waals surface area contributed by atoms with Gasteiger partial charge in [0.25, 0.3) is 0 Å². The predicted octanol–water partition coefficient (Wildman–Crippen LogP) is 4.58. The van der Waals surface area contributed by atoms with Gasteiger partial charge in [-0.2, -0.15) is 0 Å². The van der Waals surface area contributed by atoms with E-state index in [2.05, 4.69) is 30.3 Å². The van der Waals surface area contributed by atoms with Crippen molar-refractivity contribution in [2.45, 2.75) is 32.7 Å². The van der Waals surface area contributed by atoms with Gasteiger partial charge in [-0.3, -0.25) is 0 Å². The molecule has 0 amide bonds. The van der Waals surface area contributed by atoms with Crippen molar-refractivity contribution in [3.05, 3.63) is 40.8 Å². The molecule has 0 aliphatic carbocycles. The Labute approximate surface area is 136 Å². The molecule has 2 rings (SSSR count). The van der Waals surface area contributed by atoms with E-state index < -0.39 is 0 Å². The normalized spacial score (nSPS) is 14.4. The predicted molar refractivity (Wildman–Crippen MR) is 89.8 cm³/mol. The largest absolute Gasteiger partial charge is 0.328 e. The van der Waals surface area contributed by atoms with Crippen LogP contribution in [-0.4, -0.2) is 16.1 Å². The number of rotatable bonds is 5. The lowest BCUT2D eigenvalue weighted by atomic mass is 9.90. The number of aromatic nitrogens is 2. The Bertz CT molecular complexity index is 622. The van der Waals surface area contributed by atoms with Gasteiger partial charge in [0, 0.05) is 17.1 Å². The third kappa shape index (κ3) is 3.42. The molecule has 0 radical (unpaired) electrons. The average Bonchev–Trinajstić information content (AvgIpc) is 2.90. The van der Waals surface area contributed by atoms with Crippen molar-refractivity contribution in [1.29, 1.82) is 0 Å². The Balaban J connectivity index is 2.54. The number of nitrogens with two attached hydrogens (primary N) is 1. The fourth-order valence-electron chi connectivity index (χ4n) is 2.78. The fourth-order valence-corrected chi connectivity index (χ4v) is 3.16. The van der Waals surface area contributed by atoms with Crippen LogP contribution < -0.4 is 5.73 Å². The summed E-state index contributed by atoms with van der Waals surface area (Å²) in [5, 5.41) is 1.31. The molecule has 5 heteroatoms. The monoisotopic (exact) mass is 325 g/mol. The highest BCUT2D eigenvalue weighted by molar-refractivity contribution is 6.35. The summed E-state index contributed by atoms with van der Waals surface area (Å²) in [7, 11) is 0. The minimum atomic E-state index is -0.203. The van der Waals surface area contributed by atoms with Gasteiger partial charge in [0.05, 0.1) is 28.8 Å². The van der Waals surface area contributed by atoms with Crippen molar-refractivity contribution in [2.24, 2.45) is 11.7 Å². The minimum Gasteiger partial charge on any atom is -0.328 e. The van der Waals surface area contributed by atoms with Crippen LogP contribution in [0.5, 0.6) is 0 Å². The van der Waals surface area contributed by atoms with Crippen LogP contribution in [0.4, 0.5) is 0 Å². The molecule has 1 aromatic carbocycles. The van der Waals surface area contributed by atoms with Gasteiger partial charge in [0.2, 0.25) is 0 Å². The van der Waals surface area contributed by atoms with Gasteiger partial charge >= 0.3 is 0 Å². The fraction of sp³-hybridized carbons (Fsp3) is 0.438. The molecule has 0 bridgehead atoms. The van der Waals surface area contributed by atoms with Crippen LogP contribution in [-0.2, 0) is 5.54 Å². The third-order valence-corrected chi connectivity index (χ3v) is 4.28. The van der Waals surface area contributed by atoms with Crippen molar-refractivity contribution < 1.29 is 0 Å². The summed E-state index contributed by atoms with van der Waals surface area (Å²) in [4.78, 5) is 4.30. The molecule has 1 heterocycles. The lowest BCUT2D eigenvalue weighted by Crippen LogP contribution is -2.39. The summed E-state index contributed by atoms with van der Waals surface area (Å²) in [6.07, 6.45) is 4.60. The van der Waals surface area contributed by atoms with Crippen LogP contribution in [0.25, 0.3) is 11.3 Å². The van der Waals surface area contributed by atoms with Crippen LogP contribution >= 0.6 is 23.2 Å². The summed E-state index contributed by atoms with van der Waals surface area (Å²) in [5.41, 5.74) is 7.67. The van der Waals surface area contributed by atoms with Gasteiger partial charge in [-0.25, -0.2) is 4.98 Å². The average molecular weight is 326 g/mol. The number of benzene rings is 1. The lowest BCUT2D eigenvalue weighted by molar-refractivity contribution is 0.267. The van der Waals surface area contributed by atoms with E-state index in [0.717, 1.165) is 17.7 Å². The molecule has 0 saturated heterocycles. The molecular weight excluding hydrogens is 305 g/mol. The molecular formula is C16H21Cl2N3. The van der Waals surface area contributed by atoms with Crippen LogP contribution in [0.1, 0.15) is 27.2 Å². The lowest BCUT2D eigenvalue weighted by Gasteiger charge is -2.33. The van der Waals surface area contributed by atoms with Crippen LogP contribution in [0.2, 0.25) is 10.0 Å². The summed E-state index contributed by atoms with van der Waals surface area (Å²) in [5.74, 6) is 0.531. The summed E-state index contributed by atoms with van der Waals surface area (Å²) in [6.45, 7) is 7.07. The molecule has 21 heavy (non-hydrogen) atoms. The quantitative estimate of drug-likeness (QED) is 0.874. The Kier molecular flexibility index (Phi) is 4.97. The zero-order valence-corrected chi connectivity index (χ0v) is 14.1. The summed E-state index contributed by atoms with van der Waals surface area (Å²) >= 11 is 12.4. The molecule has 0 fully saturated rings. The van der Waals surface area contributed by atoms with E-state index in [1.54, 1.807) is 12.1 Å². The van der Waals surface area contributed by atoms with E-state index >= 15 is 0 Å². The van der Waals surface area contributed by atoms with Crippen molar-refractivity contribution in [2.75, 3.05) is 6.54 Å². The van der Waals surface area contributed by atoms with Crippen molar-refractivity contribution in [1.82, 2.24) is 9.55 Å².